The fourth-order valence-electron chi connectivity index (χ4n) is 4.77. The van der Waals surface area contributed by atoms with Gasteiger partial charge in [-0.1, -0.05) is 18.2 Å². The number of methoxy groups -OCH3 is 1. The number of alkyl halides is 3. The van der Waals surface area contributed by atoms with Crippen LogP contribution >= 0.6 is 0 Å². The molecule has 0 radical (unpaired) electrons. The summed E-state index contributed by atoms with van der Waals surface area (Å²) in [6.45, 7) is 2.28. The lowest BCUT2D eigenvalue weighted by Gasteiger charge is -2.42. The molecule has 1 saturated carbocycles. The van der Waals surface area contributed by atoms with E-state index in [-0.39, 0.29) is 23.7 Å². The summed E-state index contributed by atoms with van der Waals surface area (Å²) in [7, 11) is 1.64. The van der Waals surface area contributed by atoms with Crippen molar-refractivity contribution in [2.75, 3.05) is 33.4 Å². The molecule has 1 spiro atoms. The molecule has 38 heavy (non-hydrogen) atoms. The molecule has 5 rings (SSSR count). The van der Waals surface area contributed by atoms with Crippen molar-refractivity contribution in [1.29, 1.82) is 0 Å². The molecular weight excluding hydrogens is 507 g/mol. The highest BCUT2D eigenvalue weighted by Gasteiger charge is 2.58. The number of halogens is 3. The number of aliphatic carboxylic acids is 1. The number of carboxylic acids is 1. The monoisotopic (exact) mass is 535 g/mol. The van der Waals surface area contributed by atoms with Gasteiger partial charge in [-0.25, -0.2) is 4.79 Å². The Morgan fingerprint density at radius 1 is 1.21 bits per heavy atom. The third-order valence-electron chi connectivity index (χ3n) is 6.86. The van der Waals surface area contributed by atoms with E-state index in [0.717, 1.165) is 29.7 Å². The van der Waals surface area contributed by atoms with Crippen molar-refractivity contribution in [3.05, 3.63) is 59.9 Å². The maximum atomic E-state index is 13.8. The molecular formula is C26H28F3N3O6. The number of rotatable bonds is 5. The van der Waals surface area contributed by atoms with Gasteiger partial charge in [0, 0.05) is 43.9 Å². The number of amides is 2. The number of hydrogen-bond acceptors (Lipinski definition) is 6. The van der Waals surface area contributed by atoms with Gasteiger partial charge >= 0.3 is 12.1 Å². The van der Waals surface area contributed by atoms with Gasteiger partial charge in [0.2, 0.25) is 5.91 Å². The Balaban J connectivity index is 0.000000426. The van der Waals surface area contributed by atoms with Crippen molar-refractivity contribution >= 4 is 17.8 Å². The van der Waals surface area contributed by atoms with Crippen LogP contribution in [0, 0.1) is 5.92 Å². The molecule has 12 heteroatoms. The standard InChI is InChI=1S/C24H27N3O4.C2HF3O2/c1-30-20-8-4-17(5-9-20)14-26-11-12-31-24(23(26)29)16-27(22(28)18-6-7-18)15-21(24)19-3-2-10-25-13-19;3-2(4,5)1(6)7/h2-5,8-10,13,18,21H,6-7,11-12,14-16H2,1H3;(H,6,7). The van der Waals surface area contributed by atoms with E-state index in [1.165, 1.54) is 0 Å². The molecule has 2 amide bonds. The third kappa shape index (κ3) is 5.90. The number of carbonyl (C=O) groups is 3. The Morgan fingerprint density at radius 2 is 1.89 bits per heavy atom. The first-order valence-corrected chi connectivity index (χ1v) is 12.1. The lowest BCUT2D eigenvalue weighted by molar-refractivity contribution is -0.192. The van der Waals surface area contributed by atoms with Gasteiger partial charge in [0.05, 0.1) is 20.3 Å². The lowest BCUT2D eigenvalue weighted by atomic mass is 9.83. The van der Waals surface area contributed by atoms with Crippen LogP contribution in [0.15, 0.2) is 48.8 Å². The highest BCUT2D eigenvalue weighted by molar-refractivity contribution is 5.90. The van der Waals surface area contributed by atoms with E-state index in [0.29, 0.717) is 32.8 Å². The van der Waals surface area contributed by atoms with Crippen molar-refractivity contribution in [1.82, 2.24) is 14.8 Å². The Bertz CT molecular complexity index is 1160. The Morgan fingerprint density at radius 3 is 2.45 bits per heavy atom. The first-order chi connectivity index (χ1) is 18.0. The van der Waals surface area contributed by atoms with Crippen LogP contribution in [0.4, 0.5) is 13.2 Å². The second-order valence-corrected chi connectivity index (χ2v) is 9.45. The van der Waals surface area contributed by atoms with Crippen molar-refractivity contribution < 1.29 is 42.1 Å². The van der Waals surface area contributed by atoms with Gasteiger partial charge in [-0.2, -0.15) is 13.2 Å². The molecule has 9 nitrogen and oxygen atoms in total. The number of nitrogens with zero attached hydrogens (tertiary/aromatic N) is 3. The lowest BCUT2D eigenvalue weighted by Crippen LogP contribution is -2.60. The molecule has 2 atom stereocenters. The van der Waals surface area contributed by atoms with Crippen LogP contribution in [0.1, 0.15) is 29.9 Å². The van der Waals surface area contributed by atoms with E-state index < -0.39 is 17.7 Å². The van der Waals surface area contributed by atoms with Crippen LogP contribution in [0.25, 0.3) is 0 Å². The predicted molar refractivity (Wildman–Crippen MR) is 127 cm³/mol. The molecule has 204 valence electrons. The molecule has 2 saturated heterocycles. The van der Waals surface area contributed by atoms with E-state index in [1.807, 2.05) is 46.2 Å². The van der Waals surface area contributed by atoms with Crippen molar-refractivity contribution in [3.63, 3.8) is 0 Å². The van der Waals surface area contributed by atoms with Crippen LogP contribution in [-0.4, -0.2) is 82.8 Å². The van der Waals surface area contributed by atoms with Crippen molar-refractivity contribution in [2.24, 2.45) is 5.92 Å². The molecule has 1 aromatic carbocycles. The highest BCUT2D eigenvalue weighted by atomic mass is 19.4. The van der Waals surface area contributed by atoms with E-state index >= 15 is 0 Å². The predicted octanol–water partition coefficient (Wildman–Crippen LogP) is 2.86. The van der Waals surface area contributed by atoms with Crippen molar-refractivity contribution in [2.45, 2.75) is 37.1 Å². The number of carboxylic acid groups (broad SMARTS) is 1. The largest absolute Gasteiger partial charge is 0.497 e. The molecule has 3 fully saturated rings. The number of pyridine rings is 1. The fourth-order valence-corrected chi connectivity index (χ4v) is 4.77. The SMILES string of the molecule is COc1ccc(CN2CCOC3(CN(C(=O)C4CC4)CC3c3cccnc3)C2=O)cc1.O=C(O)C(F)(F)F. The number of likely N-dealkylation sites (tertiary alicyclic amines) is 1. The van der Waals surface area contributed by atoms with E-state index in [9.17, 15) is 22.8 Å². The topological polar surface area (TPSA) is 109 Å². The minimum Gasteiger partial charge on any atom is -0.497 e. The van der Waals surface area contributed by atoms with Crippen LogP contribution in [0.5, 0.6) is 5.75 Å². The minimum absolute atomic E-state index is 0.0467. The molecule has 3 aliphatic rings. The molecule has 1 N–H and O–H groups in total. The van der Waals surface area contributed by atoms with Crippen molar-refractivity contribution in [3.8, 4) is 5.75 Å². The second kappa shape index (κ2) is 11.0. The zero-order valence-corrected chi connectivity index (χ0v) is 20.7. The minimum atomic E-state index is -5.08. The number of carbonyl (C=O) groups excluding carboxylic acids is 2. The van der Waals surface area contributed by atoms with Crippen LogP contribution in [0.2, 0.25) is 0 Å². The number of hydrogen-bond donors (Lipinski definition) is 1. The second-order valence-electron chi connectivity index (χ2n) is 9.45. The molecule has 2 aliphatic heterocycles. The quantitative estimate of drug-likeness (QED) is 0.627. The Hall–Kier alpha value is -3.67. The maximum Gasteiger partial charge on any atom is 0.490 e. The summed E-state index contributed by atoms with van der Waals surface area (Å²) < 4.78 is 43.2. The highest BCUT2D eigenvalue weighted by Crippen LogP contribution is 2.44. The Labute approximate surface area is 217 Å². The number of ether oxygens (including phenoxy) is 2. The first kappa shape index (κ1) is 27.4. The number of aromatic nitrogens is 1. The molecule has 2 unspecified atom stereocenters. The fraction of sp³-hybridized carbons (Fsp3) is 0.462. The molecule has 1 aliphatic carbocycles. The van der Waals surface area contributed by atoms with Gasteiger partial charge in [-0.05, 0) is 42.2 Å². The third-order valence-corrected chi connectivity index (χ3v) is 6.86. The Kier molecular flexibility index (Phi) is 7.91. The number of benzene rings is 1. The summed E-state index contributed by atoms with van der Waals surface area (Å²) in [4.78, 5) is 43.6. The summed E-state index contributed by atoms with van der Waals surface area (Å²) in [5, 5.41) is 7.12. The van der Waals surface area contributed by atoms with Gasteiger partial charge in [0.25, 0.3) is 5.91 Å². The van der Waals surface area contributed by atoms with Crippen LogP contribution < -0.4 is 4.74 Å². The maximum absolute atomic E-state index is 13.8. The van der Waals surface area contributed by atoms with E-state index in [4.69, 9.17) is 19.4 Å². The smallest absolute Gasteiger partial charge is 0.490 e. The van der Waals surface area contributed by atoms with Gasteiger partial charge < -0.3 is 24.4 Å². The van der Waals surface area contributed by atoms with E-state index in [1.54, 1.807) is 19.5 Å². The average Bonchev–Trinajstić information content (AvgIpc) is 3.68. The van der Waals surface area contributed by atoms with Gasteiger partial charge in [-0.3, -0.25) is 14.6 Å². The summed E-state index contributed by atoms with van der Waals surface area (Å²) >= 11 is 0. The molecule has 1 aromatic heterocycles. The zero-order chi connectivity index (χ0) is 27.5. The molecule has 3 heterocycles. The normalized spacial score (nSPS) is 23.2. The summed E-state index contributed by atoms with van der Waals surface area (Å²) in [6, 6.07) is 11.6. The summed E-state index contributed by atoms with van der Waals surface area (Å²) in [5.41, 5.74) is 0.916. The van der Waals surface area contributed by atoms with E-state index in [2.05, 4.69) is 4.98 Å². The van der Waals surface area contributed by atoms with Crippen LogP contribution in [-0.2, 0) is 25.7 Å². The van der Waals surface area contributed by atoms with Crippen LogP contribution in [0.3, 0.4) is 0 Å². The van der Waals surface area contributed by atoms with Gasteiger partial charge in [-0.15, -0.1) is 0 Å². The first-order valence-electron chi connectivity index (χ1n) is 12.1. The van der Waals surface area contributed by atoms with Gasteiger partial charge in [0.15, 0.2) is 5.60 Å². The van der Waals surface area contributed by atoms with Gasteiger partial charge in [0.1, 0.15) is 5.75 Å². The molecule has 0 bridgehead atoms. The molecule has 2 aromatic rings. The summed E-state index contributed by atoms with van der Waals surface area (Å²) in [6.07, 6.45) is 0.310. The summed E-state index contributed by atoms with van der Waals surface area (Å²) in [5.74, 6) is -1.99. The average molecular weight is 536 g/mol. The zero-order valence-electron chi connectivity index (χ0n) is 20.7. The number of morpholine rings is 1.